The van der Waals surface area contributed by atoms with Gasteiger partial charge in [-0.05, 0) is 78.3 Å². The van der Waals surface area contributed by atoms with Gasteiger partial charge in [-0.3, -0.25) is 14.4 Å². The Kier molecular flexibility index (Phi) is 8.88. The molecule has 1 saturated heterocycles. The Labute approximate surface area is 235 Å². The standard InChI is InChI=1S/C30H41N7O3/c1-18(2)37-27(34-22(6)23-9-12-36(13-10-23)30(40)24-8-11-35(7)17-24)26(16-32-37)21(5)28(38)31-15-25-19(3)14-20(4)33-29(25)39/h9,14,16,18,24H,5,8,10-13,15,17H2,1-4,6-7H3,(H,31,38)(H,33,39)/b34-22+. The average molecular weight is 548 g/mol. The van der Waals surface area contributed by atoms with Crippen LogP contribution in [0.5, 0.6) is 0 Å². The van der Waals surface area contributed by atoms with E-state index in [2.05, 4.69) is 40.0 Å². The number of carbonyl (C=O) groups is 2. The van der Waals surface area contributed by atoms with Gasteiger partial charge in [0.25, 0.3) is 11.5 Å². The van der Waals surface area contributed by atoms with Gasteiger partial charge in [-0.2, -0.15) is 5.10 Å². The lowest BCUT2D eigenvalue weighted by Crippen LogP contribution is -2.40. The Hall–Kier alpha value is -3.79. The van der Waals surface area contributed by atoms with Crippen molar-refractivity contribution < 1.29 is 9.59 Å². The molecule has 0 aliphatic carbocycles. The van der Waals surface area contributed by atoms with E-state index in [0.29, 0.717) is 30.0 Å². The molecule has 10 nitrogen and oxygen atoms in total. The van der Waals surface area contributed by atoms with E-state index in [-0.39, 0.29) is 41.5 Å². The van der Waals surface area contributed by atoms with Gasteiger partial charge in [0.1, 0.15) is 0 Å². The number of aromatic amines is 1. The SMILES string of the molecule is C=C(C(=O)NCc1c(C)cc(C)[nH]c1=O)c1cnn(C(C)C)c1/N=C(\C)C1=CCN(C(=O)C2CCN(C)C2)CC1. The molecule has 10 heteroatoms. The predicted octanol–water partition coefficient (Wildman–Crippen LogP) is 3.30. The van der Waals surface area contributed by atoms with Gasteiger partial charge >= 0.3 is 0 Å². The highest BCUT2D eigenvalue weighted by Gasteiger charge is 2.30. The molecule has 0 radical (unpaired) electrons. The highest BCUT2D eigenvalue weighted by Crippen LogP contribution is 2.30. The molecule has 1 unspecified atom stereocenters. The number of amides is 2. The summed E-state index contributed by atoms with van der Waals surface area (Å²) in [7, 11) is 2.06. The van der Waals surface area contributed by atoms with E-state index in [4.69, 9.17) is 4.99 Å². The molecule has 2 aliphatic heterocycles. The van der Waals surface area contributed by atoms with Crippen molar-refractivity contribution in [2.24, 2.45) is 10.9 Å². The van der Waals surface area contributed by atoms with Gasteiger partial charge in [0.2, 0.25) is 5.91 Å². The number of likely N-dealkylation sites (tertiary alicyclic amines) is 1. The molecule has 1 atom stereocenters. The number of nitrogens with one attached hydrogen (secondary N) is 2. The van der Waals surface area contributed by atoms with Crippen LogP contribution in [0.25, 0.3) is 5.57 Å². The van der Waals surface area contributed by atoms with Gasteiger partial charge in [-0.25, -0.2) is 9.67 Å². The molecule has 2 aromatic heterocycles. The number of aryl methyl sites for hydroxylation is 2. The number of hydrogen-bond acceptors (Lipinski definition) is 6. The minimum atomic E-state index is -0.389. The van der Waals surface area contributed by atoms with E-state index in [1.165, 1.54) is 0 Å². The molecule has 0 aromatic carbocycles. The second-order valence-corrected chi connectivity index (χ2v) is 11.2. The molecular weight excluding hydrogens is 506 g/mol. The molecule has 1 fully saturated rings. The van der Waals surface area contributed by atoms with Crippen LogP contribution in [0.1, 0.15) is 62.0 Å². The molecule has 2 N–H and O–H groups in total. The van der Waals surface area contributed by atoms with Gasteiger partial charge < -0.3 is 20.1 Å². The molecule has 2 aromatic rings. The van der Waals surface area contributed by atoms with Crippen LogP contribution in [0.15, 0.2) is 40.3 Å². The Balaban J connectivity index is 1.50. The zero-order valence-corrected chi connectivity index (χ0v) is 24.5. The Bertz CT molecular complexity index is 1430. The molecule has 0 bridgehead atoms. The quantitative estimate of drug-likeness (QED) is 0.389. The molecule has 40 heavy (non-hydrogen) atoms. The third-order valence-corrected chi connectivity index (χ3v) is 7.78. The van der Waals surface area contributed by atoms with Crippen molar-refractivity contribution in [3.05, 3.63) is 63.2 Å². The number of aromatic nitrogens is 3. The Morgan fingerprint density at radius 2 is 2.02 bits per heavy atom. The summed E-state index contributed by atoms with van der Waals surface area (Å²) in [5.74, 6) is 0.494. The van der Waals surface area contributed by atoms with Crippen LogP contribution in [0.4, 0.5) is 5.82 Å². The van der Waals surface area contributed by atoms with E-state index in [9.17, 15) is 14.4 Å². The molecule has 214 valence electrons. The lowest BCUT2D eigenvalue weighted by Gasteiger charge is -2.29. The van der Waals surface area contributed by atoms with Crippen LogP contribution in [-0.2, 0) is 16.1 Å². The zero-order valence-electron chi connectivity index (χ0n) is 24.5. The van der Waals surface area contributed by atoms with Crippen LogP contribution >= 0.6 is 0 Å². The number of pyridine rings is 1. The Morgan fingerprint density at radius 1 is 1.27 bits per heavy atom. The second-order valence-electron chi connectivity index (χ2n) is 11.2. The first-order valence-corrected chi connectivity index (χ1v) is 13.9. The normalized spacial score (nSPS) is 18.3. The van der Waals surface area contributed by atoms with Gasteiger partial charge in [-0.15, -0.1) is 0 Å². The van der Waals surface area contributed by atoms with E-state index in [0.717, 1.165) is 48.5 Å². The van der Waals surface area contributed by atoms with Crippen LogP contribution < -0.4 is 10.9 Å². The first-order valence-electron chi connectivity index (χ1n) is 13.9. The number of aliphatic imine (C=N–C) groups is 1. The summed E-state index contributed by atoms with van der Waals surface area (Å²) >= 11 is 0. The summed E-state index contributed by atoms with van der Waals surface area (Å²) < 4.78 is 1.78. The summed E-state index contributed by atoms with van der Waals surface area (Å²) in [6.07, 6.45) is 5.34. The van der Waals surface area contributed by atoms with Crippen LogP contribution in [0.3, 0.4) is 0 Å². The fourth-order valence-electron chi connectivity index (χ4n) is 5.38. The van der Waals surface area contributed by atoms with E-state index in [1.807, 2.05) is 45.6 Å². The minimum Gasteiger partial charge on any atom is -0.348 e. The maximum atomic E-state index is 13.1. The minimum absolute atomic E-state index is 0.0166. The molecule has 0 spiro atoms. The highest BCUT2D eigenvalue weighted by molar-refractivity contribution is 6.20. The lowest BCUT2D eigenvalue weighted by molar-refractivity contribution is -0.134. The van der Waals surface area contributed by atoms with E-state index in [1.54, 1.807) is 10.9 Å². The number of hydrogen-bond donors (Lipinski definition) is 2. The van der Waals surface area contributed by atoms with Crippen molar-refractivity contribution in [3.8, 4) is 0 Å². The average Bonchev–Trinajstić information content (AvgIpc) is 3.53. The molecule has 4 rings (SSSR count). The summed E-state index contributed by atoms with van der Waals surface area (Å²) in [5, 5.41) is 7.32. The van der Waals surface area contributed by atoms with Crippen molar-refractivity contribution in [1.82, 2.24) is 29.9 Å². The largest absolute Gasteiger partial charge is 0.348 e. The van der Waals surface area contributed by atoms with E-state index >= 15 is 0 Å². The van der Waals surface area contributed by atoms with E-state index < -0.39 is 0 Å². The first-order chi connectivity index (χ1) is 19.0. The van der Waals surface area contributed by atoms with Crippen molar-refractivity contribution in [3.63, 3.8) is 0 Å². The fraction of sp³-hybridized carbons (Fsp3) is 0.500. The van der Waals surface area contributed by atoms with Crippen LogP contribution in [0.2, 0.25) is 0 Å². The lowest BCUT2D eigenvalue weighted by atomic mass is 10.0. The summed E-state index contributed by atoms with van der Waals surface area (Å²) in [6, 6.07) is 1.89. The molecular formula is C30H41N7O3. The van der Waals surface area contributed by atoms with Gasteiger partial charge in [0.05, 0.1) is 17.7 Å². The summed E-state index contributed by atoms with van der Waals surface area (Å²) in [5.41, 5.74) is 4.57. The highest BCUT2D eigenvalue weighted by atomic mass is 16.2. The fourth-order valence-corrected chi connectivity index (χ4v) is 5.38. The summed E-state index contributed by atoms with van der Waals surface area (Å²) in [4.78, 5) is 50.2. The first kappa shape index (κ1) is 29.2. The van der Waals surface area contributed by atoms with Crippen molar-refractivity contribution in [2.75, 3.05) is 33.2 Å². The van der Waals surface area contributed by atoms with Crippen molar-refractivity contribution >= 4 is 28.9 Å². The molecule has 0 saturated carbocycles. The number of nitrogens with zero attached hydrogens (tertiary/aromatic N) is 5. The van der Waals surface area contributed by atoms with Gasteiger partial charge in [0.15, 0.2) is 5.82 Å². The number of H-pyrrole nitrogens is 1. The van der Waals surface area contributed by atoms with Gasteiger partial charge in [-0.1, -0.05) is 12.7 Å². The Morgan fingerprint density at radius 3 is 2.62 bits per heavy atom. The van der Waals surface area contributed by atoms with Crippen LogP contribution in [-0.4, -0.2) is 75.3 Å². The molecule has 2 aliphatic rings. The maximum Gasteiger partial charge on any atom is 0.253 e. The number of rotatable bonds is 8. The summed E-state index contributed by atoms with van der Waals surface area (Å²) in [6.45, 7) is 16.8. The maximum absolute atomic E-state index is 13.1. The number of carbonyl (C=O) groups excluding carboxylic acids is 2. The zero-order chi connectivity index (χ0) is 29.1. The van der Waals surface area contributed by atoms with Crippen LogP contribution in [0, 0.1) is 19.8 Å². The second kappa shape index (κ2) is 12.2. The van der Waals surface area contributed by atoms with Crippen molar-refractivity contribution in [2.45, 2.75) is 60.0 Å². The topological polar surface area (TPSA) is 116 Å². The smallest absolute Gasteiger partial charge is 0.253 e. The predicted molar refractivity (Wildman–Crippen MR) is 158 cm³/mol. The third kappa shape index (κ3) is 6.33. The monoisotopic (exact) mass is 547 g/mol. The van der Waals surface area contributed by atoms with Crippen molar-refractivity contribution in [1.29, 1.82) is 0 Å². The molecule has 4 heterocycles. The molecule has 2 amide bonds. The van der Waals surface area contributed by atoms with Gasteiger partial charge in [0, 0.05) is 54.8 Å². The third-order valence-electron chi connectivity index (χ3n) is 7.78.